The Bertz CT molecular complexity index is 187. The molecule has 0 atom stereocenters. The van der Waals surface area contributed by atoms with Gasteiger partial charge in [0.1, 0.15) is 0 Å². The molecule has 13 heavy (non-hydrogen) atoms. The third kappa shape index (κ3) is 5.11. The summed E-state index contributed by atoms with van der Waals surface area (Å²) in [4.78, 5) is 13.0. The Hall–Kier alpha value is -1.19. The van der Waals surface area contributed by atoms with Crippen LogP contribution in [0.5, 0.6) is 0 Å². The SMILES string of the molecule is CCOC(=O)C(=CN(C)C)OCC. The number of carbonyl (C=O) groups is 1. The van der Waals surface area contributed by atoms with Crippen molar-refractivity contribution < 1.29 is 14.3 Å². The predicted molar refractivity (Wildman–Crippen MR) is 50.0 cm³/mol. The molecule has 0 aromatic carbocycles. The standard InChI is InChI=1S/C9H17NO3/c1-5-12-8(7-10(3)4)9(11)13-6-2/h7H,5-6H2,1-4H3. The maximum Gasteiger partial charge on any atom is 0.375 e. The van der Waals surface area contributed by atoms with Crippen LogP contribution >= 0.6 is 0 Å². The van der Waals surface area contributed by atoms with Crippen LogP contribution in [0.25, 0.3) is 0 Å². The summed E-state index contributed by atoms with van der Waals surface area (Å²) < 4.78 is 9.91. The quantitative estimate of drug-likeness (QED) is 0.365. The fourth-order valence-electron chi connectivity index (χ4n) is 0.741. The van der Waals surface area contributed by atoms with E-state index >= 15 is 0 Å². The Labute approximate surface area is 79.1 Å². The van der Waals surface area contributed by atoms with Gasteiger partial charge in [-0.15, -0.1) is 0 Å². The molecule has 0 amide bonds. The highest BCUT2D eigenvalue weighted by Crippen LogP contribution is 2.01. The van der Waals surface area contributed by atoms with Crippen LogP contribution in [-0.4, -0.2) is 38.2 Å². The van der Waals surface area contributed by atoms with Crippen LogP contribution in [0.15, 0.2) is 12.0 Å². The van der Waals surface area contributed by atoms with Gasteiger partial charge in [-0.2, -0.15) is 0 Å². The van der Waals surface area contributed by atoms with Gasteiger partial charge in [0, 0.05) is 20.3 Å². The van der Waals surface area contributed by atoms with Gasteiger partial charge in [0.15, 0.2) is 0 Å². The van der Waals surface area contributed by atoms with Crippen molar-refractivity contribution in [2.45, 2.75) is 13.8 Å². The van der Waals surface area contributed by atoms with Crippen molar-refractivity contribution in [2.75, 3.05) is 27.3 Å². The van der Waals surface area contributed by atoms with E-state index in [1.165, 1.54) is 0 Å². The van der Waals surface area contributed by atoms with Crippen molar-refractivity contribution in [2.24, 2.45) is 0 Å². The molecule has 4 nitrogen and oxygen atoms in total. The molecule has 76 valence electrons. The van der Waals surface area contributed by atoms with Gasteiger partial charge in [-0.3, -0.25) is 0 Å². The second-order valence-corrected chi connectivity index (χ2v) is 2.61. The first-order valence-corrected chi connectivity index (χ1v) is 4.30. The van der Waals surface area contributed by atoms with Gasteiger partial charge in [-0.25, -0.2) is 4.79 Å². The lowest BCUT2D eigenvalue weighted by atomic mass is 10.5. The van der Waals surface area contributed by atoms with E-state index in [1.807, 2.05) is 21.0 Å². The first-order valence-electron chi connectivity index (χ1n) is 4.30. The van der Waals surface area contributed by atoms with Crippen molar-refractivity contribution in [3.05, 3.63) is 12.0 Å². The average molecular weight is 187 g/mol. The maximum absolute atomic E-state index is 11.2. The molecular formula is C9H17NO3. The fraction of sp³-hybridized carbons (Fsp3) is 0.667. The normalized spacial score (nSPS) is 10.9. The summed E-state index contributed by atoms with van der Waals surface area (Å²) in [5.41, 5.74) is 0. The zero-order valence-electron chi connectivity index (χ0n) is 8.66. The van der Waals surface area contributed by atoms with Crippen molar-refractivity contribution in [1.82, 2.24) is 4.90 Å². The van der Waals surface area contributed by atoms with E-state index in [9.17, 15) is 4.79 Å². The Morgan fingerprint density at radius 2 is 1.77 bits per heavy atom. The Morgan fingerprint density at radius 1 is 1.23 bits per heavy atom. The van der Waals surface area contributed by atoms with Crippen LogP contribution < -0.4 is 0 Å². The van der Waals surface area contributed by atoms with Gasteiger partial charge in [-0.1, -0.05) is 0 Å². The summed E-state index contributed by atoms with van der Waals surface area (Å²) in [6.07, 6.45) is 1.60. The smallest absolute Gasteiger partial charge is 0.375 e. The van der Waals surface area contributed by atoms with Crippen LogP contribution in [0.2, 0.25) is 0 Å². The molecule has 0 aromatic heterocycles. The number of hydrogen-bond donors (Lipinski definition) is 0. The second-order valence-electron chi connectivity index (χ2n) is 2.61. The molecule has 0 fully saturated rings. The lowest BCUT2D eigenvalue weighted by Crippen LogP contribution is -2.14. The van der Waals surface area contributed by atoms with Gasteiger partial charge >= 0.3 is 5.97 Å². The third-order valence-electron chi connectivity index (χ3n) is 1.15. The van der Waals surface area contributed by atoms with Crippen molar-refractivity contribution >= 4 is 5.97 Å². The minimum atomic E-state index is -0.418. The summed E-state index contributed by atoms with van der Waals surface area (Å²) >= 11 is 0. The third-order valence-corrected chi connectivity index (χ3v) is 1.15. The van der Waals surface area contributed by atoms with Crippen LogP contribution in [0.1, 0.15) is 13.8 Å². The summed E-state index contributed by atoms with van der Waals surface area (Å²) in [5.74, 6) is -0.174. The summed E-state index contributed by atoms with van der Waals surface area (Å²) in [7, 11) is 3.64. The monoisotopic (exact) mass is 187 g/mol. The summed E-state index contributed by atoms with van der Waals surface area (Å²) in [6.45, 7) is 4.40. The number of hydrogen-bond acceptors (Lipinski definition) is 4. The molecule has 0 radical (unpaired) electrons. The highest BCUT2D eigenvalue weighted by Gasteiger charge is 2.11. The van der Waals surface area contributed by atoms with E-state index in [0.717, 1.165) is 0 Å². The minimum absolute atomic E-state index is 0.245. The van der Waals surface area contributed by atoms with Gasteiger partial charge in [0.2, 0.25) is 5.76 Å². The lowest BCUT2D eigenvalue weighted by Gasteiger charge is -2.10. The Morgan fingerprint density at radius 3 is 2.15 bits per heavy atom. The predicted octanol–water partition coefficient (Wildman–Crippen LogP) is 0.989. The summed E-state index contributed by atoms with van der Waals surface area (Å²) in [6, 6.07) is 0. The van der Waals surface area contributed by atoms with E-state index in [1.54, 1.807) is 18.0 Å². The molecule has 0 spiro atoms. The number of ether oxygens (including phenoxy) is 2. The van der Waals surface area contributed by atoms with Crippen LogP contribution in [0, 0.1) is 0 Å². The largest absolute Gasteiger partial charge is 0.486 e. The first kappa shape index (κ1) is 11.8. The molecular weight excluding hydrogens is 170 g/mol. The van der Waals surface area contributed by atoms with E-state index < -0.39 is 5.97 Å². The number of nitrogens with zero attached hydrogens (tertiary/aromatic N) is 1. The van der Waals surface area contributed by atoms with Gasteiger partial charge < -0.3 is 14.4 Å². The highest BCUT2D eigenvalue weighted by molar-refractivity contribution is 5.86. The molecule has 0 N–H and O–H groups in total. The van der Waals surface area contributed by atoms with E-state index in [4.69, 9.17) is 9.47 Å². The average Bonchev–Trinajstić information content (AvgIpc) is 2.03. The van der Waals surface area contributed by atoms with E-state index in [2.05, 4.69) is 0 Å². The molecule has 0 bridgehead atoms. The van der Waals surface area contributed by atoms with Gasteiger partial charge in [0.05, 0.1) is 13.2 Å². The Balaban J connectivity index is 4.31. The Kier molecular flexibility index (Phi) is 5.76. The zero-order chi connectivity index (χ0) is 10.3. The zero-order valence-corrected chi connectivity index (χ0v) is 8.66. The van der Waals surface area contributed by atoms with Gasteiger partial charge in [-0.05, 0) is 13.8 Å². The lowest BCUT2D eigenvalue weighted by molar-refractivity contribution is -0.142. The summed E-state index contributed by atoms with van der Waals surface area (Å²) in [5, 5.41) is 0. The molecule has 0 aliphatic rings. The van der Waals surface area contributed by atoms with Crippen molar-refractivity contribution in [1.29, 1.82) is 0 Å². The number of carbonyl (C=O) groups excluding carboxylic acids is 1. The number of rotatable bonds is 5. The van der Waals surface area contributed by atoms with Crippen molar-refractivity contribution in [3.63, 3.8) is 0 Å². The number of esters is 1. The molecule has 4 heteroatoms. The van der Waals surface area contributed by atoms with Crippen molar-refractivity contribution in [3.8, 4) is 0 Å². The molecule has 0 rings (SSSR count). The molecule has 0 heterocycles. The fourth-order valence-corrected chi connectivity index (χ4v) is 0.741. The van der Waals surface area contributed by atoms with E-state index in [-0.39, 0.29) is 5.76 Å². The highest BCUT2D eigenvalue weighted by atomic mass is 16.6. The maximum atomic E-state index is 11.2. The molecule has 0 saturated heterocycles. The first-order chi connectivity index (χ1) is 6.11. The topological polar surface area (TPSA) is 38.8 Å². The molecule has 0 aliphatic carbocycles. The molecule has 0 aliphatic heterocycles. The van der Waals surface area contributed by atoms with Crippen LogP contribution in [0.3, 0.4) is 0 Å². The molecule has 0 aromatic rings. The minimum Gasteiger partial charge on any atom is -0.486 e. The molecule has 0 unspecified atom stereocenters. The van der Waals surface area contributed by atoms with Gasteiger partial charge in [0.25, 0.3) is 0 Å². The van der Waals surface area contributed by atoms with E-state index in [0.29, 0.717) is 13.2 Å². The second kappa shape index (κ2) is 6.34. The van der Waals surface area contributed by atoms with Crippen LogP contribution in [0.4, 0.5) is 0 Å². The van der Waals surface area contributed by atoms with Crippen LogP contribution in [-0.2, 0) is 14.3 Å². The molecule has 0 saturated carbocycles.